The van der Waals surface area contributed by atoms with Crippen LogP contribution in [-0.2, 0) is 6.54 Å². The Bertz CT molecular complexity index is 1580. The van der Waals surface area contributed by atoms with E-state index in [1.165, 1.54) is 6.42 Å². The molecule has 7 heterocycles. The molecule has 0 radical (unpaired) electrons. The van der Waals surface area contributed by atoms with Gasteiger partial charge in [-0.2, -0.15) is 5.10 Å². The first-order valence-corrected chi connectivity index (χ1v) is 12.9. The topological polar surface area (TPSA) is 112 Å². The molecule has 0 saturated carbocycles. The van der Waals surface area contributed by atoms with Crippen LogP contribution in [-0.4, -0.2) is 65.2 Å². The highest BCUT2D eigenvalue weighted by molar-refractivity contribution is 5.91. The molecular weight excluding hydrogens is 476 g/mol. The number of pyridine rings is 1. The first-order chi connectivity index (χ1) is 18.6. The lowest BCUT2D eigenvalue weighted by atomic mass is 9.87. The highest BCUT2D eigenvalue weighted by atomic mass is 15.4. The summed E-state index contributed by atoms with van der Waals surface area (Å²) in [5.74, 6) is 3.06. The summed E-state index contributed by atoms with van der Waals surface area (Å²) in [5, 5.41) is 11.5. The number of H-pyrrole nitrogens is 1. The van der Waals surface area contributed by atoms with Gasteiger partial charge in [-0.05, 0) is 44.5 Å². The van der Waals surface area contributed by atoms with Crippen molar-refractivity contribution in [2.45, 2.75) is 38.9 Å². The lowest BCUT2D eigenvalue weighted by Gasteiger charge is -2.56. The Labute approximate surface area is 220 Å². The van der Waals surface area contributed by atoms with Gasteiger partial charge < -0.3 is 10.2 Å². The summed E-state index contributed by atoms with van der Waals surface area (Å²) in [6.45, 7) is 6.72. The first-order valence-electron chi connectivity index (χ1n) is 12.9. The van der Waals surface area contributed by atoms with Gasteiger partial charge >= 0.3 is 0 Å². The molecule has 3 aliphatic rings. The summed E-state index contributed by atoms with van der Waals surface area (Å²) in [5.41, 5.74) is 4.71. The van der Waals surface area contributed by atoms with Gasteiger partial charge in [-0.3, -0.25) is 20.0 Å². The molecule has 10 heteroatoms. The van der Waals surface area contributed by atoms with Crippen molar-refractivity contribution in [1.29, 1.82) is 0 Å². The number of anilines is 3. The minimum atomic E-state index is 0.515. The predicted molar refractivity (Wildman–Crippen MR) is 146 cm³/mol. The van der Waals surface area contributed by atoms with Crippen LogP contribution in [0.1, 0.15) is 23.5 Å². The van der Waals surface area contributed by atoms with Crippen LogP contribution in [0.5, 0.6) is 0 Å². The number of piperidine rings is 1. The highest BCUT2D eigenvalue weighted by Gasteiger charge is 2.44. The van der Waals surface area contributed by atoms with E-state index < -0.39 is 0 Å². The number of hydrogen-bond donors (Lipinski definition) is 2. The number of para-hydroxylation sites is 1. The van der Waals surface area contributed by atoms with Crippen LogP contribution in [0.25, 0.3) is 22.3 Å². The predicted octanol–water partition coefficient (Wildman–Crippen LogP) is 4.03. The van der Waals surface area contributed by atoms with Crippen molar-refractivity contribution >= 4 is 28.4 Å². The van der Waals surface area contributed by atoms with Crippen LogP contribution < -0.4 is 10.2 Å². The molecular formula is C28H28N10. The average Bonchev–Trinajstić information content (AvgIpc) is 3.37. The third-order valence-electron chi connectivity index (χ3n) is 7.41. The number of hydrogen-bond acceptors (Lipinski definition) is 9. The summed E-state index contributed by atoms with van der Waals surface area (Å²) >= 11 is 0. The van der Waals surface area contributed by atoms with Gasteiger partial charge in [0.25, 0.3) is 0 Å². The third-order valence-corrected chi connectivity index (χ3v) is 7.41. The molecule has 3 aliphatic heterocycles. The zero-order chi connectivity index (χ0) is 25.6. The van der Waals surface area contributed by atoms with E-state index in [1.807, 2.05) is 62.8 Å². The molecule has 2 unspecified atom stereocenters. The zero-order valence-corrected chi connectivity index (χ0v) is 21.3. The molecule has 3 saturated heterocycles. The number of piperazine rings is 1. The fraction of sp³-hybridized carbons (Fsp3) is 0.286. The summed E-state index contributed by atoms with van der Waals surface area (Å²) in [4.78, 5) is 28.3. The number of aromatic nitrogens is 7. The molecule has 5 aromatic rings. The van der Waals surface area contributed by atoms with Crippen molar-refractivity contribution < 1.29 is 0 Å². The van der Waals surface area contributed by atoms with Crippen LogP contribution in [0.3, 0.4) is 0 Å². The Balaban J connectivity index is 1.09. The molecule has 0 amide bonds. The molecule has 1 aromatic carbocycles. The van der Waals surface area contributed by atoms with E-state index in [-0.39, 0.29) is 0 Å². The maximum absolute atomic E-state index is 4.84. The monoisotopic (exact) mass is 504 g/mol. The molecule has 0 spiro atoms. The van der Waals surface area contributed by atoms with Crippen LogP contribution in [0.4, 0.5) is 17.5 Å². The fourth-order valence-corrected chi connectivity index (χ4v) is 5.43. The Kier molecular flexibility index (Phi) is 5.47. The number of aryl methyl sites for hydroxylation is 2. The molecule has 8 rings (SSSR count). The van der Waals surface area contributed by atoms with Crippen molar-refractivity contribution in [3.63, 3.8) is 0 Å². The van der Waals surface area contributed by atoms with Gasteiger partial charge in [-0.25, -0.2) is 15.0 Å². The maximum Gasteiger partial charge on any atom is 0.163 e. The van der Waals surface area contributed by atoms with E-state index in [1.54, 1.807) is 0 Å². The van der Waals surface area contributed by atoms with Crippen molar-refractivity contribution in [2.24, 2.45) is 0 Å². The summed E-state index contributed by atoms with van der Waals surface area (Å²) < 4.78 is 0. The minimum Gasteiger partial charge on any atom is -0.353 e. The van der Waals surface area contributed by atoms with Crippen LogP contribution in [0.15, 0.2) is 61.1 Å². The molecule has 190 valence electrons. The molecule has 3 fully saturated rings. The van der Waals surface area contributed by atoms with E-state index in [0.29, 0.717) is 17.9 Å². The second-order valence-electron chi connectivity index (χ2n) is 10.1. The maximum atomic E-state index is 4.84. The van der Waals surface area contributed by atoms with Crippen LogP contribution in [0, 0.1) is 13.8 Å². The average molecular weight is 505 g/mol. The number of aromatic amines is 1. The third kappa shape index (κ3) is 4.22. The first kappa shape index (κ1) is 22.7. The molecule has 2 atom stereocenters. The van der Waals surface area contributed by atoms with E-state index >= 15 is 0 Å². The summed E-state index contributed by atoms with van der Waals surface area (Å²) in [6, 6.07) is 15.1. The van der Waals surface area contributed by atoms with Gasteiger partial charge in [0.05, 0.1) is 16.9 Å². The van der Waals surface area contributed by atoms with Gasteiger partial charge in [0.2, 0.25) is 0 Å². The SMILES string of the molecule is Cc1cnc(CN2C3CC2CN(c2ccc(-c4nc(Nc5cc(C)[nH]n5)c5ccccc5n4)cn2)C3)cn1. The Hall–Kier alpha value is -4.44. The van der Waals surface area contributed by atoms with E-state index in [2.05, 4.69) is 47.4 Å². The quantitative estimate of drug-likeness (QED) is 0.354. The van der Waals surface area contributed by atoms with Gasteiger partial charge in [0, 0.05) is 73.0 Å². The Morgan fingerprint density at radius 1 is 0.947 bits per heavy atom. The van der Waals surface area contributed by atoms with Crippen molar-refractivity contribution in [2.75, 3.05) is 23.3 Å². The Morgan fingerprint density at radius 2 is 1.82 bits per heavy atom. The largest absolute Gasteiger partial charge is 0.353 e. The Morgan fingerprint density at radius 3 is 2.55 bits per heavy atom. The van der Waals surface area contributed by atoms with Gasteiger partial charge in [-0.15, -0.1) is 0 Å². The van der Waals surface area contributed by atoms with Crippen molar-refractivity contribution in [3.05, 3.63) is 78.1 Å². The highest BCUT2D eigenvalue weighted by Crippen LogP contribution is 2.35. The lowest BCUT2D eigenvalue weighted by Crippen LogP contribution is -2.68. The van der Waals surface area contributed by atoms with Gasteiger partial charge in [0.1, 0.15) is 11.6 Å². The molecule has 38 heavy (non-hydrogen) atoms. The van der Waals surface area contributed by atoms with Crippen molar-refractivity contribution in [1.82, 2.24) is 40.0 Å². The zero-order valence-electron chi connectivity index (χ0n) is 21.3. The molecule has 2 bridgehead atoms. The smallest absolute Gasteiger partial charge is 0.163 e. The molecule has 2 N–H and O–H groups in total. The van der Waals surface area contributed by atoms with Gasteiger partial charge in [0.15, 0.2) is 11.6 Å². The van der Waals surface area contributed by atoms with Crippen LogP contribution in [0.2, 0.25) is 0 Å². The summed E-state index contributed by atoms with van der Waals surface area (Å²) in [6.07, 6.45) is 6.85. The molecule has 4 aromatic heterocycles. The standard InChI is InChI=1S/C28H28N10/c1-17-9-25(36-35-17)33-28-23-5-3-4-6-24(23)32-27(34-28)19-7-8-26(31-12-19)37-15-21-10-22(16-37)38(21)14-20-13-29-18(2)11-30-20/h3-9,11-13,21-22H,10,14-16H2,1-2H3,(H2,32,33,34,35,36). The van der Waals surface area contributed by atoms with E-state index in [0.717, 1.165) is 70.6 Å². The molecule has 0 aliphatic carbocycles. The minimum absolute atomic E-state index is 0.515. The van der Waals surface area contributed by atoms with Gasteiger partial charge in [-0.1, -0.05) is 12.1 Å². The lowest BCUT2D eigenvalue weighted by molar-refractivity contribution is -0.00977. The number of benzene rings is 1. The van der Waals surface area contributed by atoms with E-state index in [9.17, 15) is 0 Å². The second-order valence-corrected chi connectivity index (χ2v) is 10.1. The van der Waals surface area contributed by atoms with E-state index in [4.69, 9.17) is 15.0 Å². The summed E-state index contributed by atoms with van der Waals surface area (Å²) in [7, 11) is 0. The number of nitrogens with zero attached hydrogens (tertiary/aromatic N) is 8. The fourth-order valence-electron chi connectivity index (χ4n) is 5.43. The van der Waals surface area contributed by atoms with Crippen molar-refractivity contribution in [3.8, 4) is 11.4 Å². The molecule has 10 nitrogen and oxygen atoms in total. The number of rotatable bonds is 6. The number of fused-ring (bicyclic) bond motifs is 3. The number of nitrogens with one attached hydrogen (secondary N) is 2. The van der Waals surface area contributed by atoms with Crippen LogP contribution >= 0.6 is 0 Å². The second kappa shape index (κ2) is 9.14. The normalized spacial score (nSPS) is 18.9.